The van der Waals surface area contributed by atoms with Crippen LogP contribution in [0.1, 0.15) is 59.8 Å². The van der Waals surface area contributed by atoms with Crippen LogP contribution in [0.5, 0.6) is 0 Å². The van der Waals surface area contributed by atoms with E-state index in [0.717, 1.165) is 12.5 Å². The first-order chi connectivity index (χ1) is 7.35. The van der Waals surface area contributed by atoms with E-state index in [1.54, 1.807) is 0 Å². The first-order valence-electron chi connectivity index (χ1n) is 6.73. The van der Waals surface area contributed by atoms with Gasteiger partial charge in [0.05, 0.1) is 0 Å². The average Bonchev–Trinajstić information content (AvgIpc) is 2.66. The molecule has 1 unspecified atom stereocenters. The Morgan fingerprint density at radius 1 is 1.19 bits per heavy atom. The number of hydrogen-bond donors (Lipinski definition) is 1. The maximum Gasteiger partial charge on any atom is 0.00968 e. The predicted octanol–water partition coefficient (Wildman–Crippen LogP) is 4.15. The van der Waals surface area contributed by atoms with Crippen LogP contribution in [0, 0.1) is 11.3 Å². The Morgan fingerprint density at radius 3 is 2.19 bits per heavy atom. The fraction of sp³-hybridized carbons (Fsp3) is 0.867. The summed E-state index contributed by atoms with van der Waals surface area (Å²) in [6.45, 7) is 14.1. The van der Waals surface area contributed by atoms with Gasteiger partial charge in [-0.1, -0.05) is 38.7 Å². The molecule has 1 rings (SSSR count). The van der Waals surface area contributed by atoms with E-state index in [1.165, 1.54) is 32.1 Å². The van der Waals surface area contributed by atoms with Crippen molar-refractivity contribution in [1.82, 2.24) is 5.32 Å². The largest absolute Gasteiger partial charge is 0.311 e. The van der Waals surface area contributed by atoms with Crippen LogP contribution in [-0.4, -0.2) is 12.1 Å². The summed E-state index contributed by atoms with van der Waals surface area (Å²) in [5.74, 6) is 0.935. The molecule has 0 aliphatic heterocycles. The lowest BCUT2D eigenvalue weighted by Gasteiger charge is -2.33. The van der Waals surface area contributed by atoms with E-state index in [1.807, 2.05) is 0 Å². The van der Waals surface area contributed by atoms with Crippen molar-refractivity contribution in [2.75, 3.05) is 6.54 Å². The van der Waals surface area contributed by atoms with Crippen LogP contribution in [0.3, 0.4) is 0 Å². The Hall–Kier alpha value is -0.300. The van der Waals surface area contributed by atoms with Crippen LogP contribution in [0.25, 0.3) is 0 Å². The summed E-state index contributed by atoms with van der Waals surface area (Å²) in [4.78, 5) is 0. The molecule has 0 saturated heterocycles. The predicted molar refractivity (Wildman–Crippen MR) is 72.6 cm³/mol. The van der Waals surface area contributed by atoms with E-state index in [4.69, 9.17) is 0 Å². The zero-order chi connectivity index (χ0) is 12.2. The zero-order valence-electron chi connectivity index (χ0n) is 11.6. The molecule has 1 fully saturated rings. The highest BCUT2D eigenvalue weighted by molar-refractivity contribution is 4.96. The normalized spacial score (nSPS) is 22.0. The van der Waals surface area contributed by atoms with Gasteiger partial charge >= 0.3 is 0 Å². The van der Waals surface area contributed by atoms with Crippen LogP contribution >= 0.6 is 0 Å². The molecule has 94 valence electrons. The van der Waals surface area contributed by atoms with Crippen LogP contribution in [0.4, 0.5) is 0 Å². The minimum Gasteiger partial charge on any atom is -0.311 e. The highest BCUT2D eigenvalue weighted by atomic mass is 15.0. The van der Waals surface area contributed by atoms with Gasteiger partial charge < -0.3 is 5.32 Å². The molecular weight excluding hydrogens is 194 g/mol. The van der Waals surface area contributed by atoms with E-state index in [2.05, 4.69) is 45.7 Å². The molecule has 1 saturated carbocycles. The molecule has 1 heteroatoms. The van der Waals surface area contributed by atoms with Crippen molar-refractivity contribution >= 4 is 0 Å². The zero-order valence-corrected chi connectivity index (χ0v) is 11.6. The van der Waals surface area contributed by atoms with Gasteiger partial charge in [0.2, 0.25) is 0 Å². The van der Waals surface area contributed by atoms with Gasteiger partial charge in [0, 0.05) is 12.1 Å². The minimum absolute atomic E-state index is 0.208. The Balaban J connectivity index is 2.45. The Labute approximate surface area is 102 Å². The maximum atomic E-state index is 4.04. The van der Waals surface area contributed by atoms with E-state index in [-0.39, 0.29) is 11.0 Å². The molecule has 1 aliphatic carbocycles. The molecule has 0 aromatic rings. The van der Waals surface area contributed by atoms with Gasteiger partial charge in [-0.25, -0.2) is 0 Å². The van der Waals surface area contributed by atoms with Gasteiger partial charge in [0.1, 0.15) is 0 Å². The second-order valence-electron chi connectivity index (χ2n) is 6.82. The number of nitrogens with one attached hydrogen (secondary N) is 1. The van der Waals surface area contributed by atoms with Crippen molar-refractivity contribution < 1.29 is 0 Å². The maximum absolute atomic E-state index is 4.04. The van der Waals surface area contributed by atoms with Gasteiger partial charge in [-0.2, -0.15) is 0 Å². The first kappa shape index (κ1) is 13.8. The van der Waals surface area contributed by atoms with E-state index in [9.17, 15) is 0 Å². The molecule has 0 aromatic heterocycles. The number of rotatable bonds is 5. The van der Waals surface area contributed by atoms with Gasteiger partial charge in [-0.15, -0.1) is 6.58 Å². The second kappa shape index (κ2) is 5.35. The molecule has 0 amide bonds. The summed E-state index contributed by atoms with van der Waals surface area (Å²) in [5, 5.41) is 3.62. The van der Waals surface area contributed by atoms with Gasteiger partial charge in [0.15, 0.2) is 0 Å². The minimum atomic E-state index is 0.208. The second-order valence-corrected chi connectivity index (χ2v) is 6.82. The Kier molecular flexibility index (Phi) is 4.61. The topological polar surface area (TPSA) is 12.0 Å². The van der Waals surface area contributed by atoms with Crippen LogP contribution < -0.4 is 5.32 Å². The van der Waals surface area contributed by atoms with Crippen molar-refractivity contribution in [2.24, 2.45) is 11.3 Å². The van der Waals surface area contributed by atoms with Crippen LogP contribution in [-0.2, 0) is 0 Å². The molecular formula is C15H29N. The molecule has 0 aromatic carbocycles. The van der Waals surface area contributed by atoms with Crippen molar-refractivity contribution in [3.63, 3.8) is 0 Å². The van der Waals surface area contributed by atoms with Crippen molar-refractivity contribution in [3.05, 3.63) is 12.7 Å². The van der Waals surface area contributed by atoms with E-state index >= 15 is 0 Å². The van der Waals surface area contributed by atoms with Gasteiger partial charge in [-0.3, -0.25) is 0 Å². The fourth-order valence-electron chi connectivity index (χ4n) is 2.57. The molecule has 0 spiro atoms. The summed E-state index contributed by atoms with van der Waals surface area (Å²) in [6, 6.07) is 0. The third kappa shape index (κ3) is 4.69. The first-order valence-corrected chi connectivity index (χ1v) is 6.73. The van der Waals surface area contributed by atoms with Crippen molar-refractivity contribution in [3.8, 4) is 0 Å². The lowest BCUT2D eigenvalue weighted by atomic mass is 9.80. The molecule has 1 N–H and O–H groups in total. The molecule has 0 bridgehead atoms. The highest BCUT2D eigenvalue weighted by Gasteiger charge is 2.28. The molecule has 0 radical (unpaired) electrons. The Bertz CT molecular complexity index is 220. The van der Waals surface area contributed by atoms with Crippen LogP contribution in [0.15, 0.2) is 12.7 Å². The highest BCUT2D eigenvalue weighted by Crippen LogP contribution is 2.36. The third-order valence-corrected chi connectivity index (χ3v) is 3.75. The molecule has 16 heavy (non-hydrogen) atoms. The van der Waals surface area contributed by atoms with Gasteiger partial charge in [-0.05, 0) is 38.5 Å². The summed E-state index contributed by atoms with van der Waals surface area (Å²) in [6.07, 6.45) is 9.19. The van der Waals surface area contributed by atoms with E-state index in [0.29, 0.717) is 0 Å². The van der Waals surface area contributed by atoms with Gasteiger partial charge in [0.25, 0.3) is 0 Å². The summed E-state index contributed by atoms with van der Waals surface area (Å²) in [5.41, 5.74) is 0.474. The van der Waals surface area contributed by atoms with Crippen LogP contribution in [0.2, 0.25) is 0 Å². The average molecular weight is 223 g/mol. The van der Waals surface area contributed by atoms with E-state index < -0.39 is 0 Å². The SMILES string of the molecule is C=CC(C)(CNC(C)(C)C)CC1CCCC1. The quantitative estimate of drug-likeness (QED) is 0.691. The number of hydrogen-bond acceptors (Lipinski definition) is 1. The fourth-order valence-corrected chi connectivity index (χ4v) is 2.57. The molecule has 1 nitrogen and oxygen atoms in total. The monoisotopic (exact) mass is 223 g/mol. The summed E-state index contributed by atoms with van der Waals surface area (Å²) in [7, 11) is 0. The lowest BCUT2D eigenvalue weighted by molar-refractivity contribution is 0.265. The molecule has 1 aliphatic rings. The summed E-state index contributed by atoms with van der Waals surface area (Å²) >= 11 is 0. The third-order valence-electron chi connectivity index (χ3n) is 3.75. The van der Waals surface area contributed by atoms with Crippen molar-refractivity contribution in [2.45, 2.75) is 65.3 Å². The van der Waals surface area contributed by atoms with Crippen molar-refractivity contribution in [1.29, 1.82) is 0 Å². The molecule has 1 atom stereocenters. The Morgan fingerprint density at radius 2 is 1.75 bits per heavy atom. The lowest BCUT2D eigenvalue weighted by Crippen LogP contribution is -2.42. The standard InChI is InChI=1S/C15H29N/c1-6-15(5,12-16-14(2,3)4)11-13-9-7-8-10-13/h6,13,16H,1,7-12H2,2-5H3. The molecule has 0 heterocycles. The summed E-state index contributed by atoms with van der Waals surface area (Å²) < 4.78 is 0. The smallest absolute Gasteiger partial charge is 0.00968 e.